The van der Waals surface area contributed by atoms with Crippen molar-refractivity contribution in [3.8, 4) is 11.4 Å². The molecule has 1 aliphatic carbocycles. The van der Waals surface area contributed by atoms with Gasteiger partial charge >= 0.3 is 0 Å². The van der Waals surface area contributed by atoms with E-state index in [0.717, 1.165) is 31.9 Å². The van der Waals surface area contributed by atoms with Crippen molar-refractivity contribution in [1.82, 2.24) is 19.9 Å². The van der Waals surface area contributed by atoms with Crippen LogP contribution in [0.4, 0.5) is 8.78 Å². The number of ether oxygens (including phenoxy) is 3. The summed E-state index contributed by atoms with van der Waals surface area (Å²) in [6.07, 6.45) is 10.1. The molecule has 0 bridgehead atoms. The zero-order valence-electron chi connectivity index (χ0n) is 22.6. The van der Waals surface area contributed by atoms with Gasteiger partial charge in [-0.3, -0.25) is 4.79 Å². The summed E-state index contributed by atoms with van der Waals surface area (Å²) in [6, 6.07) is 1.37. The molecule has 0 aliphatic heterocycles. The molecule has 39 heavy (non-hydrogen) atoms. The molecule has 3 aromatic rings. The van der Waals surface area contributed by atoms with E-state index in [4.69, 9.17) is 14.2 Å². The standard InChI is InChI=1S/C29H38F2N4O4/c1-2-37-9-10-39-12-11-38-8-4-7-23(36)14-20-5-3-6-21(13-20)15-27-26(31)19-34-29(35-27)25-18-33-28-24(25)16-22(30)17-32-28/h16-21H,2-15H2,1H3,(H,32,33)/t20-,21+/m1/s1. The summed E-state index contributed by atoms with van der Waals surface area (Å²) in [4.78, 5) is 28.3. The second kappa shape index (κ2) is 15.1. The van der Waals surface area contributed by atoms with Crippen molar-refractivity contribution in [2.45, 2.75) is 58.3 Å². The van der Waals surface area contributed by atoms with Crippen LogP contribution < -0.4 is 0 Å². The van der Waals surface area contributed by atoms with Crippen molar-refractivity contribution in [3.63, 3.8) is 0 Å². The number of aromatic amines is 1. The second-order valence-corrected chi connectivity index (χ2v) is 10.1. The van der Waals surface area contributed by atoms with Gasteiger partial charge in [0.2, 0.25) is 0 Å². The van der Waals surface area contributed by atoms with Crippen LogP contribution in [0.2, 0.25) is 0 Å². The Hall–Kier alpha value is -2.82. The molecule has 1 saturated carbocycles. The van der Waals surface area contributed by atoms with Crippen LogP contribution in [0.3, 0.4) is 0 Å². The van der Waals surface area contributed by atoms with Gasteiger partial charge in [-0.25, -0.2) is 23.7 Å². The molecule has 0 unspecified atom stereocenters. The third-order valence-electron chi connectivity index (χ3n) is 7.14. The Morgan fingerprint density at radius 2 is 1.79 bits per heavy atom. The predicted octanol–water partition coefficient (Wildman–Crippen LogP) is 5.46. The molecule has 1 fully saturated rings. The molecule has 0 saturated heterocycles. The van der Waals surface area contributed by atoms with Crippen molar-refractivity contribution in [3.05, 3.63) is 42.0 Å². The van der Waals surface area contributed by atoms with E-state index >= 15 is 0 Å². The quantitative estimate of drug-likeness (QED) is 0.239. The molecule has 212 valence electrons. The Morgan fingerprint density at radius 1 is 1.03 bits per heavy atom. The van der Waals surface area contributed by atoms with E-state index in [0.29, 0.717) is 99.4 Å². The molecule has 0 radical (unpaired) electrons. The van der Waals surface area contributed by atoms with E-state index in [2.05, 4.69) is 19.9 Å². The van der Waals surface area contributed by atoms with Crippen LogP contribution in [0.5, 0.6) is 0 Å². The van der Waals surface area contributed by atoms with Gasteiger partial charge in [-0.15, -0.1) is 0 Å². The SMILES string of the molecule is CCOCCOCCOCCCC(=O)C[C@@H]1CCC[C@H](Cc2nc(-c3c[nH]c4ncc(F)cc34)ncc2F)C1. The number of Topliss-reactive ketones (excluding diaryl/α,β-unsaturated/α-hetero) is 1. The van der Waals surface area contributed by atoms with Crippen molar-refractivity contribution in [1.29, 1.82) is 0 Å². The van der Waals surface area contributed by atoms with E-state index in [-0.39, 0.29) is 11.7 Å². The molecule has 0 spiro atoms. The molecule has 0 amide bonds. The summed E-state index contributed by atoms with van der Waals surface area (Å²) in [5, 5.41) is 0.556. The minimum atomic E-state index is -0.459. The minimum absolute atomic E-state index is 0.252. The first-order valence-corrected chi connectivity index (χ1v) is 13.9. The summed E-state index contributed by atoms with van der Waals surface area (Å²) in [5.74, 6) is 0.255. The zero-order valence-corrected chi connectivity index (χ0v) is 22.6. The van der Waals surface area contributed by atoms with Crippen LogP contribution in [0.15, 0.2) is 24.7 Å². The molecule has 0 aromatic carbocycles. The van der Waals surface area contributed by atoms with Gasteiger partial charge in [0.15, 0.2) is 11.6 Å². The number of rotatable bonds is 16. The third-order valence-corrected chi connectivity index (χ3v) is 7.14. The molecule has 10 heteroatoms. The maximum Gasteiger partial charge on any atom is 0.163 e. The Bertz CT molecular complexity index is 1210. The first-order valence-electron chi connectivity index (χ1n) is 13.9. The van der Waals surface area contributed by atoms with Crippen LogP contribution in [-0.4, -0.2) is 65.4 Å². The van der Waals surface area contributed by atoms with Crippen LogP contribution in [0.1, 0.15) is 57.6 Å². The molecular weight excluding hydrogens is 506 g/mol. The second-order valence-electron chi connectivity index (χ2n) is 10.1. The number of hydrogen-bond acceptors (Lipinski definition) is 7. The van der Waals surface area contributed by atoms with Gasteiger partial charge < -0.3 is 19.2 Å². The highest BCUT2D eigenvalue weighted by Crippen LogP contribution is 2.34. The fourth-order valence-electron chi connectivity index (χ4n) is 5.26. The van der Waals surface area contributed by atoms with Crippen molar-refractivity contribution >= 4 is 16.8 Å². The molecule has 3 heterocycles. The van der Waals surface area contributed by atoms with E-state index in [9.17, 15) is 13.6 Å². The Morgan fingerprint density at radius 3 is 2.62 bits per heavy atom. The highest BCUT2D eigenvalue weighted by molar-refractivity contribution is 5.91. The molecule has 3 aromatic heterocycles. The van der Waals surface area contributed by atoms with Crippen LogP contribution in [0.25, 0.3) is 22.4 Å². The van der Waals surface area contributed by atoms with Gasteiger partial charge in [0, 0.05) is 43.2 Å². The monoisotopic (exact) mass is 544 g/mol. The van der Waals surface area contributed by atoms with E-state index in [1.165, 1.54) is 12.3 Å². The lowest BCUT2D eigenvalue weighted by Crippen LogP contribution is -2.21. The normalized spacial score (nSPS) is 17.6. The summed E-state index contributed by atoms with van der Waals surface area (Å²) < 4.78 is 44.6. The number of H-pyrrole nitrogens is 1. The molecule has 1 N–H and O–H groups in total. The summed E-state index contributed by atoms with van der Waals surface area (Å²) in [5.41, 5.74) is 1.47. The van der Waals surface area contributed by atoms with Gasteiger partial charge in [-0.2, -0.15) is 0 Å². The molecule has 2 atom stereocenters. The molecule has 1 aliphatic rings. The fourth-order valence-corrected chi connectivity index (χ4v) is 5.26. The minimum Gasteiger partial charge on any atom is -0.379 e. The summed E-state index contributed by atoms with van der Waals surface area (Å²) in [6.45, 7) is 5.37. The number of fused-ring (bicyclic) bond motifs is 1. The van der Waals surface area contributed by atoms with E-state index < -0.39 is 11.6 Å². The van der Waals surface area contributed by atoms with E-state index in [1.54, 1.807) is 6.20 Å². The fraction of sp³-hybridized carbons (Fsp3) is 0.586. The zero-order chi connectivity index (χ0) is 27.5. The summed E-state index contributed by atoms with van der Waals surface area (Å²) in [7, 11) is 0. The number of halogens is 2. The average molecular weight is 545 g/mol. The highest BCUT2D eigenvalue weighted by Gasteiger charge is 2.26. The number of carbonyl (C=O) groups is 1. The maximum atomic E-state index is 14.7. The average Bonchev–Trinajstić information content (AvgIpc) is 3.34. The first-order chi connectivity index (χ1) is 19.0. The van der Waals surface area contributed by atoms with Crippen LogP contribution in [-0.2, 0) is 25.4 Å². The van der Waals surface area contributed by atoms with Crippen LogP contribution in [0, 0.1) is 23.5 Å². The number of nitrogens with one attached hydrogen (secondary N) is 1. The van der Waals surface area contributed by atoms with E-state index in [1.807, 2.05) is 6.92 Å². The lowest BCUT2D eigenvalue weighted by Gasteiger charge is -2.28. The van der Waals surface area contributed by atoms with Crippen molar-refractivity contribution in [2.24, 2.45) is 11.8 Å². The third kappa shape index (κ3) is 8.84. The lowest BCUT2D eigenvalue weighted by atomic mass is 9.77. The Labute approximate surface area is 227 Å². The molecule has 8 nitrogen and oxygen atoms in total. The van der Waals surface area contributed by atoms with Crippen LogP contribution >= 0.6 is 0 Å². The molecular formula is C29H38F2N4O4. The largest absolute Gasteiger partial charge is 0.379 e. The maximum absolute atomic E-state index is 14.7. The number of pyridine rings is 1. The predicted molar refractivity (Wildman–Crippen MR) is 143 cm³/mol. The van der Waals surface area contributed by atoms with Crippen molar-refractivity contribution in [2.75, 3.05) is 39.6 Å². The number of aromatic nitrogens is 4. The number of hydrogen-bond donors (Lipinski definition) is 1. The number of nitrogens with zero attached hydrogens (tertiary/aromatic N) is 3. The highest BCUT2D eigenvalue weighted by atomic mass is 19.1. The topological polar surface area (TPSA) is 99.2 Å². The Kier molecular flexibility index (Phi) is 11.3. The van der Waals surface area contributed by atoms with Gasteiger partial charge in [-0.05, 0) is 44.1 Å². The lowest BCUT2D eigenvalue weighted by molar-refractivity contribution is -0.120. The van der Waals surface area contributed by atoms with Gasteiger partial charge in [-0.1, -0.05) is 19.3 Å². The first kappa shape index (κ1) is 29.2. The van der Waals surface area contributed by atoms with Gasteiger partial charge in [0.25, 0.3) is 0 Å². The van der Waals surface area contributed by atoms with Crippen molar-refractivity contribution < 1.29 is 27.8 Å². The molecule has 4 rings (SSSR count). The number of carbonyl (C=O) groups excluding carboxylic acids is 1. The van der Waals surface area contributed by atoms with Gasteiger partial charge in [0.1, 0.15) is 17.2 Å². The number of ketones is 1. The Balaban J connectivity index is 1.21. The van der Waals surface area contributed by atoms with Gasteiger partial charge in [0.05, 0.1) is 44.5 Å². The smallest absolute Gasteiger partial charge is 0.163 e. The summed E-state index contributed by atoms with van der Waals surface area (Å²) >= 11 is 0.